The molecule has 0 fully saturated rings. The van der Waals surface area contributed by atoms with E-state index in [0.717, 1.165) is 0 Å². The van der Waals surface area contributed by atoms with Crippen LogP contribution in [0.1, 0.15) is 67.3 Å². The van der Waals surface area contributed by atoms with Crippen LogP contribution in [0.3, 0.4) is 0 Å². The Morgan fingerprint density at radius 3 is 1.59 bits per heavy atom. The molecule has 0 aromatic heterocycles. The van der Waals surface area contributed by atoms with Crippen molar-refractivity contribution >= 4 is 0 Å². The van der Waals surface area contributed by atoms with Crippen LogP contribution in [0.25, 0.3) is 0 Å². The Kier molecular flexibility index (Phi) is 4.25. The molecule has 0 heteroatoms. The van der Waals surface area contributed by atoms with Crippen molar-refractivity contribution in [3.05, 3.63) is 33.9 Å². The van der Waals surface area contributed by atoms with Gasteiger partial charge in [-0.2, -0.15) is 0 Å². The summed E-state index contributed by atoms with van der Waals surface area (Å²) in [6.45, 7) is 6.37. The maximum atomic E-state index is 2.54. The molecule has 1 aromatic rings. The first kappa shape index (κ1) is 12.7. The van der Waals surface area contributed by atoms with Crippen molar-refractivity contribution in [3.63, 3.8) is 0 Å². The van der Waals surface area contributed by atoms with Gasteiger partial charge >= 0.3 is 0 Å². The molecule has 0 spiro atoms. The standard InChI is InChI=1S/C15H20.C2H6/c1-11-14-8-4-2-6-12(14)10-13-7-3-5-9-15(11)13;1-2/h10H,2-9H2,1H3;1-2H3. The Hall–Kier alpha value is -0.780. The van der Waals surface area contributed by atoms with Crippen LogP contribution in [0, 0.1) is 6.92 Å². The summed E-state index contributed by atoms with van der Waals surface area (Å²) in [5, 5.41) is 0. The Morgan fingerprint density at radius 2 is 1.12 bits per heavy atom. The highest BCUT2D eigenvalue weighted by atomic mass is 14.2. The minimum atomic E-state index is 1.34. The van der Waals surface area contributed by atoms with E-state index < -0.39 is 0 Å². The molecular weight excluding hydrogens is 204 g/mol. The predicted molar refractivity (Wildman–Crippen MR) is 75.8 cm³/mol. The van der Waals surface area contributed by atoms with E-state index in [1.807, 2.05) is 13.8 Å². The number of aryl methyl sites for hydroxylation is 2. The molecule has 2 aliphatic rings. The zero-order chi connectivity index (χ0) is 12.3. The molecule has 0 N–H and O–H groups in total. The van der Waals surface area contributed by atoms with Crippen molar-refractivity contribution in [2.24, 2.45) is 0 Å². The third-order valence-electron chi connectivity index (χ3n) is 4.27. The average Bonchev–Trinajstić information content (AvgIpc) is 2.41. The minimum Gasteiger partial charge on any atom is -0.0683 e. The van der Waals surface area contributed by atoms with E-state index in [4.69, 9.17) is 0 Å². The Labute approximate surface area is 106 Å². The molecule has 0 saturated carbocycles. The molecule has 17 heavy (non-hydrogen) atoms. The van der Waals surface area contributed by atoms with Gasteiger partial charge < -0.3 is 0 Å². The highest BCUT2D eigenvalue weighted by molar-refractivity contribution is 5.47. The van der Waals surface area contributed by atoms with Gasteiger partial charge in [0, 0.05) is 0 Å². The quantitative estimate of drug-likeness (QED) is 0.602. The second kappa shape index (κ2) is 5.71. The third kappa shape index (κ3) is 2.41. The molecule has 0 heterocycles. The SMILES string of the molecule is CC.Cc1c2c(cc3c1CCCC3)CCCC2. The van der Waals surface area contributed by atoms with Crippen LogP contribution in [-0.2, 0) is 25.7 Å². The predicted octanol–water partition coefficient (Wildman–Crippen LogP) is 4.78. The summed E-state index contributed by atoms with van der Waals surface area (Å²) in [7, 11) is 0. The summed E-state index contributed by atoms with van der Waals surface area (Å²) in [5.74, 6) is 0. The molecule has 1 aromatic carbocycles. The highest BCUT2D eigenvalue weighted by Gasteiger charge is 2.19. The normalized spacial score (nSPS) is 17.6. The summed E-state index contributed by atoms with van der Waals surface area (Å²) < 4.78 is 0. The van der Waals surface area contributed by atoms with Crippen LogP contribution < -0.4 is 0 Å². The molecule has 3 rings (SSSR count). The van der Waals surface area contributed by atoms with Gasteiger partial charge in [0.1, 0.15) is 0 Å². The Balaban J connectivity index is 0.000000514. The summed E-state index contributed by atoms with van der Waals surface area (Å²) in [6.07, 6.45) is 11.0. The molecule has 0 atom stereocenters. The van der Waals surface area contributed by atoms with Crippen molar-refractivity contribution in [1.82, 2.24) is 0 Å². The zero-order valence-electron chi connectivity index (χ0n) is 11.7. The first-order valence-electron chi connectivity index (χ1n) is 7.49. The summed E-state index contributed by atoms with van der Waals surface area (Å²) >= 11 is 0. The van der Waals surface area contributed by atoms with Crippen molar-refractivity contribution in [2.45, 2.75) is 72.1 Å². The van der Waals surface area contributed by atoms with E-state index in [-0.39, 0.29) is 0 Å². The van der Waals surface area contributed by atoms with Crippen LogP contribution in [0.2, 0.25) is 0 Å². The number of fused-ring (bicyclic) bond motifs is 2. The van der Waals surface area contributed by atoms with Gasteiger partial charge in [0.05, 0.1) is 0 Å². The molecular formula is C17H26. The molecule has 0 saturated heterocycles. The molecule has 0 radical (unpaired) electrons. The first-order valence-corrected chi connectivity index (χ1v) is 7.49. The van der Waals surface area contributed by atoms with Gasteiger partial charge in [-0.3, -0.25) is 0 Å². The molecule has 2 aliphatic carbocycles. The first-order chi connectivity index (χ1) is 8.36. The zero-order valence-corrected chi connectivity index (χ0v) is 11.7. The van der Waals surface area contributed by atoms with E-state index in [2.05, 4.69) is 13.0 Å². The van der Waals surface area contributed by atoms with Gasteiger partial charge in [-0.1, -0.05) is 19.9 Å². The number of benzene rings is 1. The van der Waals surface area contributed by atoms with Crippen LogP contribution in [0.15, 0.2) is 6.07 Å². The van der Waals surface area contributed by atoms with Crippen LogP contribution >= 0.6 is 0 Å². The fraction of sp³-hybridized carbons (Fsp3) is 0.647. The Morgan fingerprint density at radius 1 is 0.706 bits per heavy atom. The number of hydrogen-bond acceptors (Lipinski definition) is 0. The molecule has 0 nitrogen and oxygen atoms in total. The summed E-state index contributed by atoms with van der Waals surface area (Å²) in [5.41, 5.74) is 8.43. The van der Waals surface area contributed by atoms with E-state index in [1.54, 1.807) is 27.8 Å². The largest absolute Gasteiger partial charge is 0.0683 e. The number of rotatable bonds is 0. The monoisotopic (exact) mass is 230 g/mol. The molecule has 0 unspecified atom stereocenters. The van der Waals surface area contributed by atoms with Gasteiger partial charge in [-0.05, 0) is 86.1 Å². The second-order valence-electron chi connectivity index (χ2n) is 5.19. The van der Waals surface area contributed by atoms with Crippen LogP contribution in [0.5, 0.6) is 0 Å². The lowest BCUT2D eigenvalue weighted by molar-refractivity contribution is 0.652. The van der Waals surface area contributed by atoms with Gasteiger partial charge in [-0.15, -0.1) is 0 Å². The van der Waals surface area contributed by atoms with E-state index in [1.165, 1.54) is 51.4 Å². The maximum Gasteiger partial charge on any atom is -0.0273 e. The Bertz CT molecular complexity index is 353. The molecule has 94 valence electrons. The highest BCUT2D eigenvalue weighted by Crippen LogP contribution is 2.32. The lowest BCUT2D eigenvalue weighted by Crippen LogP contribution is -2.12. The van der Waals surface area contributed by atoms with Crippen molar-refractivity contribution in [1.29, 1.82) is 0 Å². The van der Waals surface area contributed by atoms with E-state index >= 15 is 0 Å². The van der Waals surface area contributed by atoms with E-state index in [9.17, 15) is 0 Å². The number of hydrogen-bond donors (Lipinski definition) is 0. The van der Waals surface area contributed by atoms with Gasteiger partial charge in [0.15, 0.2) is 0 Å². The average molecular weight is 230 g/mol. The van der Waals surface area contributed by atoms with Crippen molar-refractivity contribution in [2.75, 3.05) is 0 Å². The molecule has 0 aliphatic heterocycles. The van der Waals surface area contributed by atoms with Crippen molar-refractivity contribution in [3.8, 4) is 0 Å². The summed E-state index contributed by atoms with van der Waals surface area (Å²) in [4.78, 5) is 0. The van der Waals surface area contributed by atoms with Crippen LogP contribution in [0.4, 0.5) is 0 Å². The smallest absolute Gasteiger partial charge is 0.0273 e. The van der Waals surface area contributed by atoms with Gasteiger partial charge in [0.2, 0.25) is 0 Å². The van der Waals surface area contributed by atoms with Gasteiger partial charge in [-0.25, -0.2) is 0 Å². The van der Waals surface area contributed by atoms with Crippen molar-refractivity contribution < 1.29 is 0 Å². The minimum absolute atomic E-state index is 1.34. The van der Waals surface area contributed by atoms with E-state index in [0.29, 0.717) is 0 Å². The molecule has 0 amide bonds. The fourth-order valence-electron chi connectivity index (χ4n) is 3.43. The fourth-order valence-corrected chi connectivity index (χ4v) is 3.43. The second-order valence-corrected chi connectivity index (χ2v) is 5.19. The topological polar surface area (TPSA) is 0 Å². The molecule has 0 bridgehead atoms. The van der Waals surface area contributed by atoms with Gasteiger partial charge in [0.25, 0.3) is 0 Å². The lowest BCUT2D eigenvalue weighted by atomic mass is 9.80. The van der Waals surface area contributed by atoms with Crippen LogP contribution in [-0.4, -0.2) is 0 Å². The third-order valence-corrected chi connectivity index (χ3v) is 4.27. The summed E-state index contributed by atoms with van der Waals surface area (Å²) in [6, 6.07) is 2.54. The lowest BCUT2D eigenvalue weighted by Gasteiger charge is -2.26. The maximum absolute atomic E-state index is 2.54.